The molecule has 0 N–H and O–H groups in total. The van der Waals surface area contributed by atoms with Gasteiger partial charge in [0, 0.05) is 23.1 Å². The van der Waals surface area contributed by atoms with Gasteiger partial charge in [0.25, 0.3) is 0 Å². The number of aryl methyl sites for hydroxylation is 1. The van der Waals surface area contributed by atoms with Gasteiger partial charge in [0.15, 0.2) is 0 Å². The molecule has 0 bridgehead atoms. The van der Waals surface area contributed by atoms with Crippen molar-refractivity contribution in [3.8, 4) is 23.7 Å². The SMILES string of the molecule is CCCCCCC#Cc1ccc(C#Cc2ccc(CCC3CCC(CCCCCCC)CC3)cc2)cc1. The predicted molar refractivity (Wildman–Crippen MR) is 162 cm³/mol. The standard InChI is InChI=1S/C37H50/c1-3-5-7-9-11-13-15-33-18-22-35(23-19-33)25-27-37-30-28-36(29-31-37)26-24-34-20-16-32(17-21-34)14-12-10-8-6-4-2/h18-19,22-23,28-32,34H,3-12,14,16-17,20-21,24,26H2,1-2H3. The van der Waals surface area contributed by atoms with E-state index in [-0.39, 0.29) is 0 Å². The van der Waals surface area contributed by atoms with Crippen molar-refractivity contribution in [1.82, 2.24) is 0 Å². The van der Waals surface area contributed by atoms with Crippen LogP contribution in [-0.4, -0.2) is 0 Å². The molecule has 0 saturated heterocycles. The zero-order chi connectivity index (χ0) is 26.0. The summed E-state index contributed by atoms with van der Waals surface area (Å²) in [5.74, 6) is 15.2. The number of rotatable bonds is 13. The molecular formula is C37H50. The van der Waals surface area contributed by atoms with Crippen molar-refractivity contribution in [2.75, 3.05) is 0 Å². The Morgan fingerprint density at radius 2 is 1.03 bits per heavy atom. The van der Waals surface area contributed by atoms with Gasteiger partial charge in [0.1, 0.15) is 0 Å². The van der Waals surface area contributed by atoms with Crippen LogP contribution in [0.2, 0.25) is 0 Å². The van der Waals surface area contributed by atoms with Crippen LogP contribution >= 0.6 is 0 Å². The summed E-state index contributed by atoms with van der Waals surface area (Å²) >= 11 is 0. The minimum Gasteiger partial charge on any atom is -0.0979 e. The molecule has 2 aromatic carbocycles. The molecule has 0 spiro atoms. The van der Waals surface area contributed by atoms with Crippen LogP contribution < -0.4 is 0 Å². The lowest BCUT2D eigenvalue weighted by Crippen LogP contribution is -2.15. The van der Waals surface area contributed by atoms with E-state index < -0.39 is 0 Å². The Balaban J connectivity index is 1.35. The van der Waals surface area contributed by atoms with E-state index in [1.54, 1.807) is 0 Å². The fourth-order valence-corrected chi connectivity index (χ4v) is 5.56. The van der Waals surface area contributed by atoms with Crippen molar-refractivity contribution < 1.29 is 0 Å². The maximum atomic E-state index is 3.33. The summed E-state index contributed by atoms with van der Waals surface area (Å²) in [5, 5.41) is 0. The molecule has 0 amide bonds. The highest BCUT2D eigenvalue weighted by Crippen LogP contribution is 2.34. The summed E-state index contributed by atoms with van der Waals surface area (Å²) in [6.45, 7) is 4.55. The summed E-state index contributed by atoms with van der Waals surface area (Å²) in [5.41, 5.74) is 4.69. The topological polar surface area (TPSA) is 0 Å². The van der Waals surface area contributed by atoms with Crippen LogP contribution in [0.4, 0.5) is 0 Å². The van der Waals surface area contributed by atoms with Gasteiger partial charge in [-0.1, -0.05) is 133 Å². The first-order valence-corrected chi connectivity index (χ1v) is 15.5. The fraction of sp³-hybridized carbons (Fsp3) is 0.568. The first-order valence-electron chi connectivity index (χ1n) is 15.5. The average Bonchev–Trinajstić information content (AvgIpc) is 2.94. The van der Waals surface area contributed by atoms with E-state index in [0.717, 1.165) is 34.9 Å². The summed E-state index contributed by atoms with van der Waals surface area (Å²) in [6, 6.07) is 17.3. The molecule has 1 aliphatic rings. The van der Waals surface area contributed by atoms with Gasteiger partial charge >= 0.3 is 0 Å². The van der Waals surface area contributed by atoms with Crippen molar-refractivity contribution >= 4 is 0 Å². The van der Waals surface area contributed by atoms with Crippen molar-refractivity contribution in [2.45, 2.75) is 123 Å². The van der Waals surface area contributed by atoms with E-state index in [4.69, 9.17) is 0 Å². The van der Waals surface area contributed by atoms with Gasteiger partial charge in [-0.3, -0.25) is 0 Å². The lowest BCUT2D eigenvalue weighted by atomic mass is 9.77. The van der Waals surface area contributed by atoms with Crippen molar-refractivity contribution in [3.63, 3.8) is 0 Å². The van der Waals surface area contributed by atoms with Crippen molar-refractivity contribution in [2.24, 2.45) is 11.8 Å². The minimum atomic E-state index is 0.935. The Bertz CT molecular complexity index is 978. The van der Waals surface area contributed by atoms with Crippen molar-refractivity contribution in [1.29, 1.82) is 0 Å². The molecule has 1 saturated carbocycles. The normalized spacial score (nSPS) is 16.9. The third-order valence-corrected chi connectivity index (χ3v) is 8.10. The highest BCUT2D eigenvalue weighted by Gasteiger charge is 2.20. The van der Waals surface area contributed by atoms with E-state index in [2.05, 4.69) is 86.1 Å². The second-order valence-corrected chi connectivity index (χ2v) is 11.3. The highest BCUT2D eigenvalue weighted by atomic mass is 14.3. The van der Waals surface area contributed by atoms with Gasteiger partial charge in [-0.25, -0.2) is 0 Å². The zero-order valence-electron chi connectivity index (χ0n) is 23.8. The number of unbranched alkanes of at least 4 members (excludes halogenated alkanes) is 8. The molecule has 0 nitrogen and oxygen atoms in total. The smallest absolute Gasteiger partial charge is 0.0249 e. The predicted octanol–water partition coefficient (Wildman–Crippen LogP) is 10.5. The largest absolute Gasteiger partial charge is 0.0979 e. The number of hydrogen-bond acceptors (Lipinski definition) is 0. The molecule has 0 aliphatic heterocycles. The Labute approximate surface area is 229 Å². The zero-order valence-corrected chi connectivity index (χ0v) is 23.8. The van der Waals surface area contributed by atoms with Crippen LogP contribution in [0.15, 0.2) is 48.5 Å². The highest BCUT2D eigenvalue weighted by molar-refractivity contribution is 5.46. The first kappa shape index (κ1) is 29.1. The quantitative estimate of drug-likeness (QED) is 0.192. The second-order valence-electron chi connectivity index (χ2n) is 11.3. The van der Waals surface area contributed by atoms with Gasteiger partial charge in [0.2, 0.25) is 0 Å². The molecule has 1 aliphatic carbocycles. The lowest BCUT2D eigenvalue weighted by molar-refractivity contribution is 0.248. The number of hydrogen-bond donors (Lipinski definition) is 0. The first-order chi connectivity index (χ1) is 18.3. The Hall–Kier alpha value is -2.44. The monoisotopic (exact) mass is 494 g/mol. The number of benzene rings is 2. The molecule has 0 unspecified atom stereocenters. The lowest BCUT2D eigenvalue weighted by Gasteiger charge is -2.28. The van der Waals surface area contributed by atoms with Crippen molar-refractivity contribution in [3.05, 3.63) is 70.8 Å². The molecular weight excluding hydrogens is 444 g/mol. The maximum absolute atomic E-state index is 3.33. The Morgan fingerprint density at radius 1 is 0.541 bits per heavy atom. The van der Waals surface area contributed by atoms with E-state index in [1.807, 2.05) is 0 Å². The van der Waals surface area contributed by atoms with Crippen LogP contribution in [0, 0.1) is 35.5 Å². The molecule has 0 heteroatoms. The van der Waals surface area contributed by atoms with E-state index in [0.29, 0.717) is 0 Å². The van der Waals surface area contributed by atoms with Crippen LogP contribution in [-0.2, 0) is 6.42 Å². The molecule has 2 aromatic rings. The average molecular weight is 495 g/mol. The van der Waals surface area contributed by atoms with Crippen LogP contribution in [0.25, 0.3) is 0 Å². The maximum Gasteiger partial charge on any atom is 0.0249 e. The summed E-state index contributed by atoms with van der Waals surface area (Å²) in [6.07, 6.45) is 23.1. The van der Waals surface area contributed by atoms with Crippen LogP contribution in [0.5, 0.6) is 0 Å². The molecule has 37 heavy (non-hydrogen) atoms. The Morgan fingerprint density at radius 3 is 1.62 bits per heavy atom. The van der Waals surface area contributed by atoms with Gasteiger partial charge in [-0.15, -0.1) is 0 Å². The Kier molecular flexibility index (Phi) is 14.1. The molecule has 0 aromatic heterocycles. The van der Waals surface area contributed by atoms with Gasteiger partial charge in [-0.05, 0) is 73.1 Å². The molecule has 3 rings (SSSR count). The second kappa shape index (κ2) is 17.9. The summed E-state index contributed by atoms with van der Waals surface area (Å²) in [7, 11) is 0. The van der Waals surface area contributed by atoms with E-state index in [9.17, 15) is 0 Å². The van der Waals surface area contributed by atoms with E-state index in [1.165, 1.54) is 108 Å². The third kappa shape index (κ3) is 12.1. The summed E-state index contributed by atoms with van der Waals surface area (Å²) < 4.78 is 0. The van der Waals surface area contributed by atoms with Gasteiger partial charge in [0.05, 0.1) is 0 Å². The van der Waals surface area contributed by atoms with Gasteiger partial charge < -0.3 is 0 Å². The third-order valence-electron chi connectivity index (χ3n) is 8.10. The van der Waals surface area contributed by atoms with Gasteiger partial charge in [-0.2, -0.15) is 0 Å². The van der Waals surface area contributed by atoms with Crippen LogP contribution in [0.1, 0.15) is 139 Å². The minimum absolute atomic E-state index is 0.935. The molecule has 0 atom stereocenters. The molecule has 0 radical (unpaired) electrons. The fourth-order valence-electron chi connectivity index (χ4n) is 5.56. The van der Waals surface area contributed by atoms with Crippen LogP contribution in [0.3, 0.4) is 0 Å². The molecule has 1 fully saturated rings. The molecule has 0 heterocycles. The molecule has 198 valence electrons. The summed E-state index contributed by atoms with van der Waals surface area (Å²) in [4.78, 5) is 0. The van der Waals surface area contributed by atoms with E-state index >= 15 is 0 Å².